The number of thiazole rings is 1. The van der Waals surface area contributed by atoms with Gasteiger partial charge in [0.25, 0.3) is 0 Å². The van der Waals surface area contributed by atoms with Crippen LogP contribution in [0.4, 0.5) is 0 Å². The summed E-state index contributed by atoms with van der Waals surface area (Å²) in [5, 5.41) is 3.70. The fraction of sp³-hybridized carbons (Fsp3) is 0.333. The van der Waals surface area contributed by atoms with Gasteiger partial charge in [0.2, 0.25) is 5.91 Å². The quantitative estimate of drug-likeness (QED) is 0.769. The van der Waals surface area contributed by atoms with Crippen molar-refractivity contribution >= 4 is 17.2 Å². The Kier molecular flexibility index (Phi) is 5.71. The zero-order chi connectivity index (χ0) is 15.1. The van der Waals surface area contributed by atoms with E-state index in [1.54, 1.807) is 11.3 Å². The minimum atomic E-state index is -0.0142. The topological polar surface area (TPSA) is 77.2 Å². The Morgan fingerprint density at radius 3 is 2.76 bits per heavy atom. The number of carbonyl (C=O) groups excluding carboxylic acids is 1. The first-order valence-electron chi connectivity index (χ1n) is 6.81. The fourth-order valence-corrected chi connectivity index (χ4v) is 2.55. The van der Waals surface area contributed by atoms with Crippen LogP contribution < -0.4 is 15.8 Å². The number of benzene rings is 1. The average Bonchev–Trinajstić information content (AvgIpc) is 2.96. The van der Waals surface area contributed by atoms with Gasteiger partial charge in [-0.25, -0.2) is 4.98 Å². The van der Waals surface area contributed by atoms with E-state index >= 15 is 0 Å². The summed E-state index contributed by atoms with van der Waals surface area (Å²) in [7, 11) is 0. The lowest BCUT2D eigenvalue weighted by Crippen LogP contribution is -2.22. The first-order valence-corrected chi connectivity index (χ1v) is 7.63. The number of carbonyl (C=O) groups is 1. The van der Waals surface area contributed by atoms with Gasteiger partial charge in [-0.2, -0.15) is 0 Å². The summed E-state index contributed by atoms with van der Waals surface area (Å²) < 4.78 is 5.62. The van der Waals surface area contributed by atoms with E-state index in [0.29, 0.717) is 19.7 Å². The number of rotatable bonds is 7. The molecule has 3 N–H and O–H groups in total. The summed E-state index contributed by atoms with van der Waals surface area (Å²) in [4.78, 5) is 16.1. The zero-order valence-corrected chi connectivity index (χ0v) is 12.8. The van der Waals surface area contributed by atoms with Crippen LogP contribution in [0.2, 0.25) is 0 Å². The third-order valence-electron chi connectivity index (χ3n) is 2.82. The molecule has 0 unspecified atom stereocenters. The van der Waals surface area contributed by atoms with E-state index in [4.69, 9.17) is 10.5 Å². The monoisotopic (exact) mass is 305 g/mol. The molecule has 0 fully saturated rings. The highest BCUT2D eigenvalue weighted by atomic mass is 32.1. The summed E-state index contributed by atoms with van der Waals surface area (Å²) >= 11 is 1.60. The summed E-state index contributed by atoms with van der Waals surface area (Å²) in [6.07, 6.45) is 2.60. The maximum absolute atomic E-state index is 10.7. The molecule has 112 valence electrons. The van der Waals surface area contributed by atoms with Gasteiger partial charge < -0.3 is 15.8 Å². The Hall–Kier alpha value is -1.92. The number of nitrogens with two attached hydrogens (primary N) is 1. The van der Waals surface area contributed by atoms with Crippen molar-refractivity contribution in [1.82, 2.24) is 10.3 Å². The van der Waals surface area contributed by atoms with Crippen molar-refractivity contribution in [3.8, 4) is 16.3 Å². The third kappa shape index (κ3) is 4.84. The maximum Gasteiger partial charge on any atom is 0.216 e. The Balaban J connectivity index is 1.83. The molecule has 1 aromatic carbocycles. The predicted octanol–water partition coefficient (Wildman–Crippen LogP) is 2.17. The Morgan fingerprint density at radius 1 is 1.38 bits per heavy atom. The van der Waals surface area contributed by atoms with Crippen LogP contribution in [0, 0.1) is 0 Å². The van der Waals surface area contributed by atoms with Gasteiger partial charge >= 0.3 is 0 Å². The molecule has 1 heterocycles. The molecule has 6 heteroatoms. The summed E-state index contributed by atoms with van der Waals surface area (Å²) in [6.45, 7) is 3.24. The molecule has 5 nitrogen and oxygen atoms in total. The van der Waals surface area contributed by atoms with Crippen molar-refractivity contribution in [1.29, 1.82) is 0 Å². The van der Waals surface area contributed by atoms with E-state index in [1.807, 2.05) is 30.5 Å². The Bertz CT molecular complexity index is 581. The Labute approximate surface area is 128 Å². The van der Waals surface area contributed by atoms with E-state index < -0.39 is 0 Å². The van der Waals surface area contributed by atoms with E-state index in [1.165, 1.54) is 6.92 Å². The van der Waals surface area contributed by atoms with Crippen molar-refractivity contribution in [3.63, 3.8) is 0 Å². The van der Waals surface area contributed by atoms with Crippen LogP contribution in [-0.4, -0.2) is 24.0 Å². The van der Waals surface area contributed by atoms with E-state index in [0.717, 1.165) is 27.6 Å². The van der Waals surface area contributed by atoms with Gasteiger partial charge in [-0.15, -0.1) is 11.3 Å². The lowest BCUT2D eigenvalue weighted by atomic mass is 10.2. The van der Waals surface area contributed by atoms with Crippen molar-refractivity contribution in [3.05, 3.63) is 35.3 Å². The lowest BCUT2D eigenvalue weighted by Gasteiger charge is -2.07. The SMILES string of the molecule is CC(=O)NCCCOc1ccc(-c2ncc(CN)s2)cc1. The van der Waals surface area contributed by atoms with Gasteiger partial charge in [0, 0.05) is 36.7 Å². The number of nitrogens with zero attached hydrogens (tertiary/aromatic N) is 1. The predicted molar refractivity (Wildman–Crippen MR) is 84.2 cm³/mol. The number of hydrogen-bond acceptors (Lipinski definition) is 5. The van der Waals surface area contributed by atoms with Gasteiger partial charge in [0.15, 0.2) is 0 Å². The summed E-state index contributed by atoms with van der Waals surface area (Å²) in [6, 6.07) is 7.83. The van der Waals surface area contributed by atoms with Crippen molar-refractivity contribution in [2.45, 2.75) is 19.9 Å². The highest BCUT2D eigenvalue weighted by molar-refractivity contribution is 7.15. The van der Waals surface area contributed by atoms with Crippen LogP contribution in [0.3, 0.4) is 0 Å². The van der Waals surface area contributed by atoms with Crippen LogP contribution in [0.25, 0.3) is 10.6 Å². The molecule has 2 aromatic rings. The van der Waals surface area contributed by atoms with Gasteiger partial charge in [-0.3, -0.25) is 4.79 Å². The second-order valence-corrected chi connectivity index (χ2v) is 5.66. The fourth-order valence-electron chi connectivity index (χ4n) is 1.76. The zero-order valence-electron chi connectivity index (χ0n) is 12.0. The second kappa shape index (κ2) is 7.75. The maximum atomic E-state index is 10.7. The number of aromatic nitrogens is 1. The van der Waals surface area contributed by atoms with Crippen LogP contribution in [0.15, 0.2) is 30.5 Å². The molecule has 0 bridgehead atoms. The average molecular weight is 305 g/mol. The van der Waals surface area contributed by atoms with E-state index in [-0.39, 0.29) is 5.91 Å². The highest BCUT2D eigenvalue weighted by Crippen LogP contribution is 2.26. The van der Waals surface area contributed by atoms with Crippen LogP contribution in [-0.2, 0) is 11.3 Å². The first kappa shape index (κ1) is 15.5. The molecule has 0 aliphatic heterocycles. The molecule has 0 spiro atoms. The van der Waals surface area contributed by atoms with Crippen molar-refractivity contribution < 1.29 is 9.53 Å². The minimum Gasteiger partial charge on any atom is -0.494 e. The number of nitrogens with one attached hydrogen (secondary N) is 1. The molecule has 21 heavy (non-hydrogen) atoms. The normalized spacial score (nSPS) is 10.4. The first-order chi connectivity index (χ1) is 10.2. The van der Waals surface area contributed by atoms with Gasteiger partial charge in [0.05, 0.1) is 6.61 Å². The third-order valence-corrected chi connectivity index (χ3v) is 3.89. The molecular weight excluding hydrogens is 286 g/mol. The molecule has 1 amide bonds. The smallest absolute Gasteiger partial charge is 0.216 e. The van der Waals surface area contributed by atoms with Crippen LogP contribution >= 0.6 is 11.3 Å². The number of hydrogen-bond donors (Lipinski definition) is 2. The molecule has 2 rings (SSSR count). The Morgan fingerprint density at radius 2 is 2.14 bits per heavy atom. The van der Waals surface area contributed by atoms with Crippen molar-refractivity contribution in [2.24, 2.45) is 5.73 Å². The number of ether oxygens (including phenoxy) is 1. The molecule has 0 atom stereocenters. The van der Waals surface area contributed by atoms with Gasteiger partial charge in [0.1, 0.15) is 10.8 Å². The largest absolute Gasteiger partial charge is 0.494 e. The molecule has 0 aliphatic carbocycles. The lowest BCUT2D eigenvalue weighted by molar-refractivity contribution is -0.118. The molecule has 0 saturated heterocycles. The second-order valence-electron chi connectivity index (χ2n) is 4.55. The van der Waals surface area contributed by atoms with Crippen LogP contribution in [0.1, 0.15) is 18.2 Å². The minimum absolute atomic E-state index is 0.0142. The standard InChI is InChI=1S/C15H19N3O2S/c1-11(19)17-7-2-8-20-13-5-3-12(4-6-13)15-18-10-14(9-16)21-15/h3-6,10H,2,7-9,16H2,1H3,(H,17,19). The number of amides is 1. The van der Waals surface area contributed by atoms with Crippen LogP contribution in [0.5, 0.6) is 5.75 Å². The molecule has 1 aromatic heterocycles. The van der Waals surface area contributed by atoms with Gasteiger partial charge in [-0.05, 0) is 30.7 Å². The molecule has 0 saturated carbocycles. The summed E-state index contributed by atoms with van der Waals surface area (Å²) in [5.41, 5.74) is 6.65. The van der Waals surface area contributed by atoms with E-state index in [9.17, 15) is 4.79 Å². The highest BCUT2D eigenvalue weighted by Gasteiger charge is 2.04. The van der Waals surface area contributed by atoms with Gasteiger partial charge in [-0.1, -0.05) is 0 Å². The van der Waals surface area contributed by atoms with Crippen molar-refractivity contribution in [2.75, 3.05) is 13.2 Å². The molecular formula is C15H19N3O2S. The summed E-state index contributed by atoms with van der Waals surface area (Å²) in [5.74, 6) is 0.803. The molecule has 0 radical (unpaired) electrons. The molecule has 0 aliphatic rings. The van der Waals surface area contributed by atoms with E-state index in [2.05, 4.69) is 10.3 Å².